The summed E-state index contributed by atoms with van der Waals surface area (Å²) >= 11 is 0. The lowest BCUT2D eigenvalue weighted by Gasteiger charge is -2.11. The molecule has 0 aliphatic rings. The van der Waals surface area contributed by atoms with E-state index in [0.29, 0.717) is 11.4 Å². The summed E-state index contributed by atoms with van der Waals surface area (Å²) in [5, 5.41) is 21.2. The number of benzene rings is 1. The van der Waals surface area contributed by atoms with Crippen LogP contribution < -0.4 is 4.74 Å². The highest BCUT2D eigenvalue weighted by molar-refractivity contribution is 5.29. The van der Waals surface area contributed by atoms with Crippen LogP contribution >= 0.6 is 0 Å². The van der Waals surface area contributed by atoms with E-state index in [2.05, 4.69) is 20.1 Å². The average molecular weight is 288 g/mol. The van der Waals surface area contributed by atoms with Gasteiger partial charge in [0.1, 0.15) is 5.75 Å². The fraction of sp³-hybridized carbons (Fsp3) is 0.364. The van der Waals surface area contributed by atoms with Crippen LogP contribution in [0.15, 0.2) is 24.3 Å². The Bertz CT molecular complexity index is 568. The van der Waals surface area contributed by atoms with Gasteiger partial charge >= 0.3 is 6.36 Å². The highest BCUT2D eigenvalue weighted by atomic mass is 19.4. The Morgan fingerprint density at radius 1 is 1.30 bits per heavy atom. The second-order valence-electron chi connectivity index (χ2n) is 4.03. The molecular formula is C11H11F3N4O2. The van der Waals surface area contributed by atoms with E-state index in [-0.39, 0.29) is 12.2 Å². The number of halogens is 3. The van der Waals surface area contributed by atoms with Crippen LogP contribution in [-0.4, -0.2) is 31.7 Å². The van der Waals surface area contributed by atoms with Gasteiger partial charge < -0.3 is 9.84 Å². The van der Waals surface area contributed by atoms with Gasteiger partial charge in [-0.2, -0.15) is 4.80 Å². The molecule has 0 bridgehead atoms. The molecule has 0 spiro atoms. The summed E-state index contributed by atoms with van der Waals surface area (Å²) in [4.78, 5) is 1.25. The number of aliphatic hydroxyl groups is 1. The monoisotopic (exact) mass is 288 g/mol. The van der Waals surface area contributed by atoms with E-state index in [1.807, 2.05) is 0 Å². The molecule has 1 N–H and O–H groups in total. The largest absolute Gasteiger partial charge is 0.573 e. The molecule has 0 amide bonds. The van der Waals surface area contributed by atoms with Crippen LogP contribution in [0.1, 0.15) is 17.5 Å². The Balaban J connectivity index is 2.02. The molecule has 0 saturated carbocycles. The van der Waals surface area contributed by atoms with Crippen LogP contribution in [0, 0.1) is 0 Å². The smallest absolute Gasteiger partial charge is 0.406 e. The van der Waals surface area contributed by atoms with Crippen molar-refractivity contribution in [1.29, 1.82) is 0 Å². The zero-order valence-corrected chi connectivity index (χ0v) is 10.4. The molecule has 1 atom stereocenters. The van der Waals surface area contributed by atoms with Gasteiger partial charge in [-0.3, -0.25) is 0 Å². The highest BCUT2D eigenvalue weighted by Gasteiger charge is 2.31. The molecule has 9 heteroatoms. The van der Waals surface area contributed by atoms with Crippen molar-refractivity contribution < 1.29 is 23.0 Å². The second-order valence-corrected chi connectivity index (χ2v) is 4.03. The van der Waals surface area contributed by atoms with Crippen LogP contribution in [0.3, 0.4) is 0 Å². The Morgan fingerprint density at radius 3 is 2.45 bits per heavy atom. The van der Waals surface area contributed by atoms with E-state index < -0.39 is 12.5 Å². The summed E-state index contributed by atoms with van der Waals surface area (Å²) in [7, 11) is 1.59. The average Bonchev–Trinajstić information content (AvgIpc) is 2.73. The number of aryl methyl sites for hydroxylation is 1. The molecule has 0 radical (unpaired) electrons. The fourth-order valence-electron chi connectivity index (χ4n) is 1.59. The molecule has 108 valence electrons. The van der Waals surface area contributed by atoms with Gasteiger partial charge in [-0.15, -0.1) is 23.4 Å². The van der Waals surface area contributed by atoms with Crippen molar-refractivity contribution in [3.8, 4) is 5.75 Å². The summed E-state index contributed by atoms with van der Waals surface area (Å²) in [6.45, 7) is 0. The number of hydrogen-bond acceptors (Lipinski definition) is 5. The van der Waals surface area contributed by atoms with E-state index in [0.717, 1.165) is 12.1 Å². The van der Waals surface area contributed by atoms with Gasteiger partial charge in [0.25, 0.3) is 0 Å². The minimum atomic E-state index is -4.73. The maximum Gasteiger partial charge on any atom is 0.573 e. The van der Waals surface area contributed by atoms with Crippen molar-refractivity contribution in [2.45, 2.75) is 18.9 Å². The standard InChI is InChI=1S/C11H11F3N4O2/c1-18-16-10(15-17-18)6-9(19)7-2-4-8(5-3-7)20-11(12,13)14/h2-5,9,19H,6H2,1H3. The number of aromatic nitrogens is 4. The highest BCUT2D eigenvalue weighted by Crippen LogP contribution is 2.25. The molecule has 1 unspecified atom stereocenters. The molecular weight excluding hydrogens is 277 g/mol. The number of ether oxygens (including phenoxy) is 1. The van der Waals surface area contributed by atoms with Crippen LogP contribution in [0.25, 0.3) is 0 Å². The number of nitrogens with zero attached hydrogens (tertiary/aromatic N) is 4. The number of rotatable bonds is 4. The van der Waals surface area contributed by atoms with Gasteiger partial charge in [0.2, 0.25) is 0 Å². The van der Waals surface area contributed by atoms with Crippen LogP contribution in [-0.2, 0) is 13.5 Å². The van der Waals surface area contributed by atoms with Gasteiger partial charge in [-0.05, 0) is 22.9 Å². The Kier molecular flexibility index (Phi) is 3.89. The normalized spacial score (nSPS) is 13.2. The van der Waals surface area contributed by atoms with E-state index in [4.69, 9.17) is 0 Å². The minimum Gasteiger partial charge on any atom is -0.406 e. The predicted octanol–water partition coefficient (Wildman–Crippen LogP) is 1.38. The van der Waals surface area contributed by atoms with Crippen molar-refractivity contribution in [2.24, 2.45) is 7.05 Å². The van der Waals surface area contributed by atoms with E-state index in [9.17, 15) is 18.3 Å². The topological polar surface area (TPSA) is 73.1 Å². The molecule has 0 aliphatic carbocycles. The van der Waals surface area contributed by atoms with E-state index >= 15 is 0 Å². The molecule has 1 heterocycles. The van der Waals surface area contributed by atoms with Crippen LogP contribution in [0.4, 0.5) is 13.2 Å². The predicted molar refractivity (Wildman–Crippen MR) is 60.6 cm³/mol. The number of tetrazole rings is 1. The summed E-state index contributed by atoms with van der Waals surface area (Å²) in [5.74, 6) is 0.00157. The quantitative estimate of drug-likeness (QED) is 0.920. The molecule has 6 nitrogen and oxygen atoms in total. The number of alkyl halides is 3. The lowest BCUT2D eigenvalue weighted by atomic mass is 10.1. The summed E-state index contributed by atoms with van der Waals surface area (Å²) in [5.41, 5.74) is 0.437. The van der Waals surface area contributed by atoms with Gasteiger partial charge in [0.05, 0.1) is 13.2 Å². The number of aliphatic hydroxyl groups excluding tert-OH is 1. The Morgan fingerprint density at radius 2 is 1.95 bits per heavy atom. The first kappa shape index (κ1) is 14.3. The van der Waals surface area contributed by atoms with Crippen LogP contribution in [0.5, 0.6) is 5.75 Å². The second kappa shape index (κ2) is 5.45. The van der Waals surface area contributed by atoms with Gasteiger partial charge in [0, 0.05) is 6.42 Å². The fourth-order valence-corrected chi connectivity index (χ4v) is 1.59. The third kappa shape index (κ3) is 3.92. The zero-order chi connectivity index (χ0) is 14.8. The molecule has 1 aromatic carbocycles. The van der Waals surface area contributed by atoms with E-state index in [1.54, 1.807) is 7.05 Å². The maximum atomic E-state index is 12.0. The lowest BCUT2D eigenvalue weighted by molar-refractivity contribution is -0.274. The third-order valence-electron chi connectivity index (χ3n) is 2.42. The molecule has 2 aromatic rings. The van der Waals surface area contributed by atoms with Crippen molar-refractivity contribution in [2.75, 3.05) is 0 Å². The third-order valence-corrected chi connectivity index (χ3v) is 2.42. The van der Waals surface area contributed by atoms with Crippen molar-refractivity contribution in [3.63, 3.8) is 0 Å². The summed E-state index contributed by atoms with van der Waals surface area (Å²) in [6.07, 6.45) is -5.55. The molecule has 0 aliphatic heterocycles. The Hall–Kier alpha value is -2.16. The van der Waals surface area contributed by atoms with Crippen LogP contribution in [0.2, 0.25) is 0 Å². The first-order valence-electron chi connectivity index (χ1n) is 5.60. The van der Waals surface area contributed by atoms with Gasteiger partial charge in [0.15, 0.2) is 5.82 Å². The SMILES string of the molecule is Cn1nnc(CC(O)c2ccc(OC(F)(F)F)cc2)n1. The maximum absolute atomic E-state index is 12.0. The molecule has 0 saturated heterocycles. The molecule has 0 fully saturated rings. The van der Waals surface area contributed by atoms with Gasteiger partial charge in [-0.25, -0.2) is 0 Å². The number of hydrogen-bond donors (Lipinski definition) is 1. The molecule has 2 rings (SSSR count). The first-order chi connectivity index (χ1) is 9.33. The Labute approximate surface area is 111 Å². The molecule has 20 heavy (non-hydrogen) atoms. The van der Waals surface area contributed by atoms with Crippen molar-refractivity contribution in [3.05, 3.63) is 35.7 Å². The summed E-state index contributed by atoms with van der Waals surface area (Å²) < 4.78 is 39.7. The van der Waals surface area contributed by atoms with E-state index in [1.165, 1.54) is 16.9 Å². The first-order valence-corrected chi connectivity index (χ1v) is 5.60. The summed E-state index contributed by atoms with van der Waals surface area (Å²) in [6, 6.07) is 4.97. The van der Waals surface area contributed by atoms with Crippen molar-refractivity contribution in [1.82, 2.24) is 20.2 Å². The zero-order valence-electron chi connectivity index (χ0n) is 10.4. The van der Waals surface area contributed by atoms with Crippen molar-refractivity contribution >= 4 is 0 Å². The lowest BCUT2D eigenvalue weighted by Crippen LogP contribution is -2.17. The van der Waals surface area contributed by atoms with Gasteiger partial charge in [-0.1, -0.05) is 12.1 Å². The minimum absolute atomic E-state index is 0.118. The molecule has 1 aromatic heterocycles.